The second-order valence-electron chi connectivity index (χ2n) is 8.42. The largest absolute Gasteiger partial charge is 0.493 e. The molecule has 1 aliphatic carbocycles. The lowest BCUT2D eigenvalue weighted by Gasteiger charge is -2.28. The maximum Gasteiger partial charge on any atom is 0.163 e. The van der Waals surface area contributed by atoms with Crippen LogP contribution in [-0.4, -0.2) is 62.5 Å². The molecule has 156 valence electrons. The number of likely N-dealkylation sites (tertiary alicyclic amines) is 1. The lowest BCUT2D eigenvalue weighted by atomic mass is 10.0. The summed E-state index contributed by atoms with van der Waals surface area (Å²) in [6.45, 7) is 5.81. The lowest BCUT2D eigenvalue weighted by Crippen LogP contribution is -2.40. The van der Waals surface area contributed by atoms with Gasteiger partial charge in [0.15, 0.2) is 11.5 Å². The zero-order chi connectivity index (χ0) is 19.6. The number of ether oxygens (including phenoxy) is 3. The molecule has 6 heteroatoms. The van der Waals surface area contributed by atoms with Crippen molar-refractivity contribution in [1.82, 2.24) is 9.88 Å². The van der Waals surface area contributed by atoms with Crippen molar-refractivity contribution >= 4 is 16.7 Å². The molecule has 2 fully saturated rings. The quantitative estimate of drug-likeness (QED) is 0.689. The maximum atomic E-state index is 6.14. The molecular weight excluding hydrogens is 366 g/mol. The molecule has 0 bridgehead atoms. The molecule has 2 saturated heterocycles. The van der Waals surface area contributed by atoms with Crippen LogP contribution in [0.25, 0.3) is 10.9 Å². The number of anilines is 1. The van der Waals surface area contributed by atoms with Crippen LogP contribution in [0.1, 0.15) is 36.8 Å². The van der Waals surface area contributed by atoms with Gasteiger partial charge in [0.1, 0.15) is 5.82 Å². The van der Waals surface area contributed by atoms with E-state index in [2.05, 4.69) is 22.3 Å². The van der Waals surface area contributed by atoms with Gasteiger partial charge in [0.2, 0.25) is 0 Å². The monoisotopic (exact) mass is 397 g/mol. The smallest absolute Gasteiger partial charge is 0.163 e. The number of hydrogen-bond acceptors (Lipinski definition) is 6. The maximum absolute atomic E-state index is 6.14. The third kappa shape index (κ3) is 3.88. The standard InChI is InChI=1S/C23H31N3O3/c1-27-21-12-19-17-6-4-7-18(17)23(24-16-14-28-15-16)25-20(19)13-22(21)29-11-5-10-26-8-2-3-9-26/h12-13,16H,2-11,14-15H2,1H3,(H,24,25). The minimum absolute atomic E-state index is 0.379. The summed E-state index contributed by atoms with van der Waals surface area (Å²) in [6.07, 6.45) is 7.07. The molecule has 3 aliphatic rings. The van der Waals surface area contributed by atoms with Gasteiger partial charge in [-0.3, -0.25) is 0 Å². The fraction of sp³-hybridized carbons (Fsp3) is 0.609. The average Bonchev–Trinajstić information content (AvgIpc) is 3.39. The van der Waals surface area contributed by atoms with Crippen LogP contribution in [0.2, 0.25) is 0 Å². The second-order valence-corrected chi connectivity index (χ2v) is 8.42. The van der Waals surface area contributed by atoms with Gasteiger partial charge in [-0.15, -0.1) is 0 Å². The Labute approximate surface area is 172 Å². The van der Waals surface area contributed by atoms with Crippen molar-refractivity contribution in [3.8, 4) is 11.5 Å². The highest BCUT2D eigenvalue weighted by atomic mass is 16.5. The molecule has 0 atom stereocenters. The van der Waals surface area contributed by atoms with Crippen molar-refractivity contribution in [2.24, 2.45) is 0 Å². The van der Waals surface area contributed by atoms with Crippen LogP contribution in [0, 0.1) is 0 Å². The number of aryl methyl sites for hydroxylation is 1. The Morgan fingerprint density at radius 2 is 1.93 bits per heavy atom. The van der Waals surface area contributed by atoms with Crippen molar-refractivity contribution in [2.45, 2.75) is 44.6 Å². The molecule has 29 heavy (non-hydrogen) atoms. The minimum Gasteiger partial charge on any atom is -0.493 e. The molecule has 0 spiro atoms. The van der Waals surface area contributed by atoms with Gasteiger partial charge >= 0.3 is 0 Å². The first-order chi connectivity index (χ1) is 14.3. The van der Waals surface area contributed by atoms with Crippen LogP contribution in [0.15, 0.2) is 12.1 Å². The number of hydrogen-bond donors (Lipinski definition) is 1. The molecule has 5 rings (SSSR count). The molecule has 0 unspecified atom stereocenters. The van der Waals surface area contributed by atoms with Crippen molar-refractivity contribution in [1.29, 1.82) is 0 Å². The van der Waals surface area contributed by atoms with E-state index in [4.69, 9.17) is 19.2 Å². The molecule has 1 N–H and O–H groups in total. The molecule has 0 radical (unpaired) electrons. The van der Waals surface area contributed by atoms with Crippen LogP contribution in [0.4, 0.5) is 5.82 Å². The van der Waals surface area contributed by atoms with E-state index in [1.807, 2.05) is 0 Å². The Balaban J connectivity index is 1.37. The summed E-state index contributed by atoms with van der Waals surface area (Å²) in [5, 5.41) is 4.79. The number of nitrogens with one attached hydrogen (secondary N) is 1. The van der Waals surface area contributed by atoms with Crippen LogP contribution >= 0.6 is 0 Å². The lowest BCUT2D eigenvalue weighted by molar-refractivity contribution is 0.0209. The molecular formula is C23H31N3O3. The zero-order valence-corrected chi connectivity index (χ0v) is 17.3. The van der Waals surface area contributed by atoms with Gasteiger partial charge in [-0.25, -0.2) is 4.98 Å². The Morgan fingerprint density at radius 3 is 2.69 bits per heavy atom. The van der Waals surface area contributed by atoms with E-state index in [1.165, 1.54) is 48.9 Å². The van der Waals surface area contributed by atoms with Gasteiger partial charge in [0.05, 0.1) is 38.5 Å². The second kappa shape index (κ2) is 8.36. The molecule has 1 aromatic heterocycles. The highest BCUT2D eigenvalue weighted by molar-refractivity contribution is 5.89. The number of methoxy groups -OCH3 is 1. The van der Waals surface area contributed by atoms with Crippen molar-refractivity contribution in [3.05, 3.63) is 23.3 Å². The summed E-state index contributed by atoms with van der Waals surface area (Å²) in [7, 11) is 1.72. The molecule has 1 aromatic carbocycles. The zero-order valence-electron chi connectivity index (χ0n) is 17.3. The van der Waals surface area contributed by atoms with Crippen LogP contribution in [-0.2, 0) is 17.6 Å². The number of fused-ring (bicyclic) bond motifs is 3. The number of pyridine rings is 1. The fourth-order valence-electron chi connectivity index (χ4n) is 4.75. The first kappa shape index (κ1) is 18.9. The topological polar surface area (TPSA) is 55.9 Å². The predicted octanol–water partition coefficient (Wildman–Crippen LogP) is 3.41. The Morgan fingerprint density at radius 1 is 1.10 bits per heavy atom. The van der Waals surface area contributed by atoms with E-state index in [1.54, 1.807) is 7.11 Å². The van der Waals surface area contributed by atoms with Crippen molar-refractivity contribution in [3.63, 3.8) is 0 Å². The van der Waals surface area contributed by atoms with Gasteiger partial charge in [0, 0.05) is 18.0 Å². The van der Waals surface area contributed by atoms with E-state index < -0.39 is 0 Å². The normalized spacial score (nSPS) is 19.3. The average molecular weight is 398 g/mol. The first-order valence-electron chi connectivity index (χ1n) is 11.0. The van der Waals surface area contributed by atoms with Gasteiger partial charge in [-0.05, 0) is 68.8 Å². The van der Waals surface area contributed by atoms with E-state index >= 15 is 0 Å². The van der Waals surface area contributed by atoms with Crippen LogP contribution in [0.3, 0.4) is 0 Å². The van der Waals surface area contributed by atoms with E-state index in [9.17, 15) is 0 Å². The molecule has 2 aromatic rings. The van der Waals surface area contributed by atoms with Gasteiger partial charge in [-0.2, -0.15) is 0 Å². The summed E-state index contributed by atoms with van der Waals surface area (Å²) in [6, 6.07) is 4.56. The highest BCUT2D eigenvalue weighted by Crippen LogP contribution is 2.39. The minimum atomic E-state index is 0.379. The third-order valence-corrected chi connectivity index (χ3v) is 6.40. The Bertz CT molecular complexity index is 876. The van der Waals surface area contributed by atoms with E-state index in [-0.39, 0.29) is 0 Å². The number of aromatic nitrogens is 1. The highest BCUT2D eigenvalue weighted by Gasteiger charge is 2.25. The van der Waals surface area contributed by atoms with Gasteiger partial charge in [-0.1, -0.05) is 0 Å². The predicted molar refractivity (Wildman–Crippen MR) is 114 cm³/mol. The summed E-state index contributed by atoms with van der Waals surface area (Å²) in [5.41, 5.74) is 3.77. The number of rotatable bonds is 8. The first-order valence-corrected chi connectivity index (χ1v) is 11.0. The third-order valence-electron chi connectivity index (χ3n) is 6.40. The molecule has 0 amide bonds. The van der Waals surface area contributed by atoms with Gasteiger partial charge in [0.25, 0.3) is 0 Å². The van der Waals surface area contributed by atoms with E-state index in [0.29, 0.717) is 12.6 Å². The van der Waals surface area contributed by atoms with Crippen LogP contribution < -0.4 is 14.8 Å². The number of nitrogens with zero attached hydrogens (tertiary/aromatic N) is 2. The Kier molecular flexibility index (Phi) is 5.46. The molecule has 3 heterocycles. The summed E-state index contributed by atoms with van der Waals surface area (Å²) in [4.78, 5) is 7.51. The fourth-order valence-corrected chi connectivity index (χ4v) is 4.75. The van der Waals surface area contributed by atoms with E-state index in [0.717, 1.165) is 61.9 Å². The SMILES string of the molecule is COc1cc2c3c(c(NC4COC4)nc2cc1OCCCN1CCCC1)CCC3. The summed E-state index contributed by atoms with van der Waals surface area (Å²) < 4.78 is 17.1. The van der Waals surface area contributed by atoms with Crippen LogP contribution in [0.5, 0.6) is 11.5 Å². The Hall–Kier alpha value is -2.05. The summed E-state index contributed by atoms with van der Waals surface area (Å²) >= 11 is 0. The molecule has 6 nitrogen and oxygen atoms in total. The van der Waals surface area contributed by atoms with Crippen molar-refractivity contribution < 1.29 is 14.2 Å². The molecule has 2 aliphatic heterocycles. The van der Waals surface area contributed by atoms with Crippen molar-refractivity contribution in [2.75, 3.05) is 51.9 Å². The number of benzene rings is 1. The van der Waals surface area contributed by atoms with Gasteiger partial charge < -0.3 is 24.4 Å². The summed E-state index contributed by atoms with van der Waals surface area (Å²) in [5.74, 6) is 2.64. The molecule has 0 saturated carbocycles.